The van der Waals surface area contributed by atoms with Crippen LogP contribution >= 0.6 is 0 Å². The van der Waals surface area contributed by atoms with E-state index < -0.39 is 12.0 Å². The van der Waals surface area contributed by atoms with Crippen LogP contribution in [0.15, 0.2) is 0 Å². The molecule has 0 aromatic heterocycles. The van der Waals surface area contributed by atoms with Crippen molar-refractivity contribution in [3.8, 4) is 0 Å². The largest absolute Gasteiger partial charge is 0.480 e. The summed E-state index contributed by atoms with van der Waals surface area (Å²) >= 11 is 0. The van der Waals surface area contributed by atoms with Gasteiger partial charge in [-0.3, -0.25) is 9.69 Å². The first-order valence-corrected chi connectivity index (χ1v) is 8.04. The van der Waals surface area contributed by atoms with Crippen molar-refractivity contribution in [3.63, 3.8) is 0 Å². The summed E-state index contributed by atoms with van der Waals surface area (Å²) in [5, 5.41) is 12.3. The van der Waals surface area contributed by atoms with Gasteiger partial charge in [0.1, 0.15) is 6.04 Å². The number of rotatable bonds is 10. The third kappa shape index (κ3) is 5.38. The van der Waals surface area contributed by atoms with Gasteiger partial charge in [0.05, 0.1) is 0 Å². The average Bonchev–Trinajstić information content (AvgIpc) is 2.88. The van der Waals surface area contributed by atoms with Crippen LogP contribution in [0.3, 0.4) is 0 Å². The van der Waals surface area contributed by atoms with Crippen LogP contribution in [0, 0.1) is 0 Å². The van der Waals surface area contributed by atoms with Crippen LogP contribution in [0.2, 0.25) is 0 Å². The monoisotopic (exact) mass is 285 g/mol. The summed E-state index contributed by atoms with van der Waals surface area (Å²) in [4.78, 5) is 16.1. The van der Waals surface area contributed by atoms with Crippen molar-refractivity contribution in [2.75, 3.05) is 39.3 Å². The van der Waals surface area contributed by atoms with Crippen molar-refractivity contribution < 1.29 is 9.90 Å². The molecule has 0 aromatic carbocycles. The standard InChI is InChI=1S/C15H31N3O2/c1-4-9-16-14(15(19)20)8-11-17-10-7-13(12-17)18(5-2)6-3/h13-14,16H,4-12H2,1-3H3,(H,19,20). The van der Waals surface area contributed by atoms with Crippen molar-refractivity contribution in [1.82, 2.24) is 15.1 Å². The smallest absolute Gasteiger partial charge is 0.320 e. The highest BCUT2D eigenvalue weighted by Crippen LogP contribution is 2.15. The Kier molecular flexibility index (Phi) is 8.11. The number of carbonyl (C=O) groups is 1. The van der Waals surface area contributed by atoms with Gasteiger partial charge in [-0.2, -0.15) is 0 Å². The molecule has 1 saturated heterocycles. The molecule has 0 aromatic rings. The molecule has 1 aliphatic heterocycles. The van der Waals surface area contributed by atoms with Gasteiger partial charge in [-0.15, -0.1) is 0 Å². The lowest BCUT2D eigenvalue weighted by atomic mass is 10.2. The first kappa shape index (κ1) is 17.4. The van der Waals surface area contributed by atoms with Gasteiger partial charge >= 0.3 is 5.97 Å². The molecule has 118 valence electrons. The van der Waals surface area contributed by atoms with Crippen LogP contribution < -0.4 is 5.32 Å². The fourth-order valence-corrected chi connectivity index (χ4v) is 3.00. The van der Waals surface area contributed by atoms with E-state index in [4.69, 9.17) is 0 Å². The van der Waals surface area contributed by atoms with Gasteiger partial charge in [0.25, 0.3) is 0 Å². The molecular formula is C15H31N3O2. The van der Waals surface area contributed by atoms with Crippen LogP contribution in [0.5, 0.6) is 0 Å². The van der Waals surface area contributed by atoms with Gasteiger partial charge < -0.3 is 15.3 Å². The normalized spacial score (nSPS) is 21.5. The van der Waals surface area contributed by atoms with Crippen LogP contribution in [0.1, 0.15) is 40.0 Å². The molecule has 2 N–H and O–H groups in total. The van der Waals surface area contributed by atoms with E-state index in [1.807, 2.05) is 0 Å². The number of nitrogens with one attached hydrogen (secondary N) is 1. The Morgan fingerprint density at radius 1 is 1.40 bits per heavy atom. The first-order chi connectivity index (χ1) is 9.62. The highest BCUT2D eigenvalue weighted by Gasteiger charge is 2.27. The molecule has 0 bridgehead atoms. The van der Waals surface area contributed by atoms with E-state index in [1.54, 1.807) is 0 Å². The summed E-state index contributed by atoms with van der Waals surface area (Å²) in [5.41, 5.74) is 0. The van der Waals surface area contributed by atoms with Crippen LogP contribution in [0.25, 0.3) is 0 Å². The fourth-order valence-electron chi connectivity index (χ4n) is 3.00. The minimum absolute atomic E-state index is 0.401. The van der Waals surface area contributed by atoms with E-state index in [0.29, 0.717) is 12.5 Å². The molecule has 2 atom stereocenters. The van der Waals surface area contributed by atoms with E-state index in [1.165, 1.54) is 6.42 Å². The van der Waals surface area contributed by atoms with E-state index in [0.717, 1.165) is 45.7 Å². The Labute approximate surface area is 123 Å². The average molecular weight is 285 g/mol. The molecule has 1 fully saturated rings. The first-order valence-electron chi connectivity index (χ1n) is 8.04. The summed E-state index contributed by atoms with van der Waals surface area (Å²) in [5.74, 6) is -0.724. The van der Waals surface area contributed by atoms with Crippen molar-refractivity contribution >= 4 is 5.97 Å². The highest BCUT2D eigenvalue weighted by atomic mass is 16.4. The maximum atomic E-state index is 11.2. The zero-order valence-electron chi connectivity index (χ0n) is 13.3. The maximum absolute atomic E-state index is 11.2. The van der Waals surface area contributed by atoms with Crippen molar-refractivity contribution in [1.29, 1.82) is 0 Å². The molecule has 20 heavy (non-hydrogen) atoms. The van der Waals surface area contributed by atoms with Crippen molar-refractivity contribution in [3.05, 3.63) is 0 Å². The van der Waals surface area contributed by atoms with Gasteiger partial charge in [-0.1, -0.05) is 20.8 Å². The number of carboxylic acid groups (broad SMARTS) is 1. The number of likely N-dealkylation sites (N-methyl/N-ethyl adjacent to an activating group) is 1. The Morgan fingerprint density at radius 2 is 2.10 bits per heavy atom. The number of aliphatic carboxylic acids is 1. The quantitative estimate of drug-likeness (QED) is 0.632. The van der Waals surface area contributed by atoms with Gasteiger partial charge in [0.15, 0.2) is 0 Å². The van der Waals surface area contributed by atoms with Crippen molar-refractivity contribution in [2.24, 2.45) is 0 Å². The Balaban J connectivity index is 2.33. The second kappa shape index (κ2) is 9.32. The Bertz CT molecular complexity index is 282. The van der Waals surface area contributed by atoms with Gasteiger partial charge in [-0.25, -0.2) is 0 Å². The van der Waals surface area contributed by atoms with Crippen LogP contribution in [0.4, 0.5) is 0 Å². The zero-order chi connectivity index (χ0) is 15.0. The van der Waals surface area contributed by atoms with Gasteiger partial charge in [0.2, 0.25) is 0 Å². The van der Waals surface area contributed by atoms with Crippen LogP contribution in [-0.4, -0.2) is 72.2 Å². The molecule has 0 spiro atoms. The molecule has 0 saturated carbocycles. The molecule has 0 amide bonds. The number of hydrogen-bond donors (Lipinski definition) is 2. The SMILES string of the molecule is CCCNC(CCN1CCC(N(CC)CC)C1)C(=O)O. The number of likely N-dealkylation sites (tertiary alicyclic amines) is 1. The summed E-state index contributed by atoms with van der Waals surface area (Å²) in [6.45, 7) is 12.5. The number of nitrogens with zero attached hydrogens (tertiary/aromatic N) is 2. The van der Waals surface area contributed by atoms with E-state index in [2.05, 4.69) is 35.9 Å². The molecule has 5 nitrogen and oxygen atoms in total. The van der Waals surface area contributed by atoms with E-state index in [-0.39, 0.29) is 0 Å². The van der Waals surface area contributed by atoms with Gasteiger partial charge in [0, 0.05) is 19.1 Å². The molecule has 5 heteroatoms. The second-order valence-electron chi connectivity index (χ2n) is 5.60. The predicted molar refractivity (Wildman–Crippen MR) is 82.1 cm³/mol. The van der Waals surface area contributed by atoms with E-state index in [9.17, 15) is 9.90 Å². The third-order valence-electron chi connectivity index (χ3n) is 4.25. The summed E-state index contributed by atoms with van der Waals surface area (Å²) in [6, 6.07) is 0.249. The molecular weight excluding hydrogens is 254 g/mol. The van der Waals surface area contributed by atoms with E-state index >= 15 is 0 Å². The molecule has 2 unspecified atom stereocenters. The number of hydrogen-bond acceptors (Lipinski definition) is 4. The van der Waals surface area contributed by atoms with Gasteiger partial charge in [-0.05, 0) is 45.4 Å². The maximum Gasteiger partial charge on any atom is 0.320 e. The molecule has 1 rings (SSSR count). The number of carboxylic acids is 1. The zero-order valence-corrected chi connectivity index (χ0v) is 13.3. The Hall–Kier alpha value is -0.650. The Morgan fingerprint density at radius 3 is 2.65 bits per heavy atom. The van der Waals surface area contributed by atoms with Crippen molar-refractivity contribution in [2.45, 2.75) is 52.1 Å². The fraction of sp³-hybridized carbons (Fsp3) is 0.933. The molecule has 0 radical (unpaired) electrons. The summed E-state index contributed by atoms with van der Waals surface area (Å²) < 4.78 is 0. The highest BCUT2D eigenvalue weighted by molar-refractivity contribution is 5.73. The molecule has 1 aliphatic rings. The minimum atomic E-state index is -0.724. The lowest BCUT2D eigenvalue weighted by molar-refractivity contribution is -0.139. The molecule has 1 heterocycles. The minimum Gasteiger partial charge on any atom is -0.480 e. The summed E-state index contributed by atoms with van der Waals surface area (Å²) in [6.07, 6.45) is 2.87. The summed E-state index contributed by atoms with van der Waals surface area (Å²) in [7, 11) is 0. The lowest BCUT2D eigenvalue weighted by Crippen LogP contribution is -2.41. The van der Waals surface area contributed by atoms with Crippen LogP contribution in [-0.2, 0) is 4.79 Å². The predicted octanol–water partition coefficient (Wildman–Crippen LogP) is 1.25. The second-order valence-corrected chi connectivity index (χ2v) is 5.60. The topological polar surface area (TPSA) is 55.8 Å². The lowest BCUT2D eigenvalue weighted by Gasteiger charge is -2.26. The third-order valence-corrected chi connectivity index (χ3v) is 4.25. The molecule has 0 aliphatic carbocycles.